The third-order valence-corrected chi connectivity index (χ3v) is 6.33. The van der Waals surface area contributed by atoms with Crippen molar-refractivity contribution < 1.29 is 4.79 Å². The molecule has 0 unspecified atom stereocenters. The fourth-order valence-electron chi connectivity index (χ4n) is 4.27. The monoisotopic (exact) mass is 467 g/mol. The van der Waals surface area contributed by atoms with E-state index in [9.17, 15) is 9.59 Å². The van der Waals surface area contributed by atoms with Gasteiger partial charge in [0.2, 0.25) is 5.91 Å². The summed E-state index contributed by atoms with van der Waals surface area (Å²) in [5.41, 5.74) is 3.66. The minimum atomic E-state index is -0.0637. The highest BCUT2D eigenvalue weighted by Crippen LogP contribution is 2.16. The number of hydrogen-bond donors (Lipinski definition) is 1. The van der Waals surface area contributed by atoms with Crippen molar-refractivity contribution in [3.05, 3.63) is 81.5 Å². The van der Waals surface area contributed by atoms with Gasteiger partial charge in [0.05, 0.1) is 18.9 Å². The number of nitrogens with one attached hydrogen (secondary N) is 1. The molecule has 0 spiro atoms. The molecule has 8 heteroatoms. The highest BCUT2D eigenvalue weighted by molar-refractivity contribution is 6.30. The molecule has 7 nitrogen and oxygen atoms in total. The van der Waals surface area contributed by atoms with Crippen LogP contribution in [0.2, 0.25) is 5.02 Å². The van der Waals surface area contributed by atoms with Gasteiger partial charge in [0.15, 0.2) is 0 Å². The standard InChI is InChI=1S/C25H30ClN5O2/c1-3-20-6-4-5-7-23(20)27-24(32)17-28-12-14-29(15-13-28)18-30-16-19(2)31(25(30)33)22-10-8-21(26)9-11-22/h4-11,16H,3,12-15,17-18H2,1-2H3,(H,27,32). The molecule has 1 amide bonds. The average molecular weight is 468 g/mol. The normalized spacial score (nSPS) is 15.0. The largest absolute Gasteiger partial charge is 0.334 e. The van der Waals surface area contributed by atoms with Crippen LogP contribution in [0.15, 0.2) is 59.5 Å². The van der Waals surface area contributed by atoms with Gasteiger partial charge < -0.3 is 5.32 Å². The molecule has 4 rings (SSSR count). The van der Waals surface area contributed by atoms with Crippen molar-refractivity contribution in [1.29, 1.82) is 0 Å². The van der Waals surface area contributed by atoms with E-state index in [2.05, 4.69) is 22.0 Å². The summed E-state index contributed by atoms with van der Waals surface area (Å²) in [7, 11) is 0. The quantitative estimate of drug-likeness (QED) is 0.578. The number of hydrogen-bond acceptors (Lipinski definition) is 4. The van der Waals surface area contributed by atoms with Gasteiger partial charge in [-0.25, -0.2) is 4.79 Å². The minimum absolute atomic E-state index is 0.0104. The Kier molecular flexibility index (Phi) is 7.33. The van der Waals surface area contributed by atoms with Crippen LogP contribution in [0, 0.1) is 6.92 Å². The lowest BCUT2D eigenvalue weighted by molar-refractivity contribution is -0.117. The van der Waals surface area contributed by atoms with Crippen molar-refractivity contribution in [1.82, 2.24) is 18.9 Å². The molecule has 0 saturated carbocycles. The number of imidazole rings is 1. The number of rotatable bonds is 7. The van der Waals surface area contributed by atoms with Crippen molar-refractivity contribution in [2.45, 2.75) is 26.9 Å². The number of benzene rings is 2. The molecule has 0 bridgehead atoms. The predicted octanol–water partition coefficient (Wildman–Crippen LogP) is 3.38. The first kappa shape index (κ1) is 23.3. The summed E-state index contributed by atoms with van der Waals surface area (Å²) in [6.45, 7) is 8.10. The van der Waals surface area contributed by atoms with Crippen LogP contribution in [0.4, 0.5) is 5.69 Å². The van der Waals surface area contributed by atoms with E-state index < -0.39 is 0 Å². The van der Waals surface area contributed by atoms with Gasteiger partial charge in [-0.1, -0.05) is 36.7 Å². The molecule has 1 aliphatic heterocycles. The van der Waals surface area contributed by atoms with E-state index in [1.54, 1.807) is 21.3 Å². The van der Waals surface area contributed by atoms with Crippen molar-refractivity contribution in [2.75, 3.05) is 38.0 Å². The molecule has 0 aliphatic carbocycles. The number of halogens is 1. The molecule has 33 heavy (non-hydrogen) atoms. The lowest BCUT2D eigenvalue weighted by atomic mass is 10.1. The molecule has 1 saturated heterocycles. The molecule has 3 aromatic rings. The SMILES string of the molecule is CCc1ccccc1NC(=O)CN1CCN(Cn2cc(C)n(-c3ccc(Cl)cc3)c2=O)CC1. The highest BCUT2D eigenvalue weighted by atomic mass is 35.5. The van der Waals surface area contributed by atoms with E-state index >= 15 is 0 Å². The lowest BCUT2D eigenvalue weighted by Gasteiger charge is -2.34. The summed E-state index contributed by atoms with van der Waals surface area (Å²) in [6, 6.07) is 15.2. The van der Waals surface area contributed by atoms with Crippen molar-refractivity contribution in [3.63, 3.8) is 0 Å². The van der Waals surface area contributed by atoms with Gasteiger partial charge in [0, 0.05) is 48.8 Å². The molecule has 2 heterocycles. The Bertz CT molecular complexity index is 1160. The van der Waals surface area contributed by atoms with Crippen molar-refractivity contribution in [2.24, 2.45) is 0 Å². The number of amides is 1. The molecule has 2 aromatic carbocycles. The Hall–Kier alpha value is -2.87. The number of carbonyl (C=O) groups is 1. The lowest BCUT2D eigenvalue weighted by Crippen LogP contribution is -2.49. The summed E-state index contributed by atoms with van der Waals surface area (Å²) in [5, 5.41) is 3.69. The first-order chi connectivity index (χ1) is 15.9. The van der Waals surface area contributed by atoms with Crippen LogP contribution in [-0.2, 0) is 17.9 Å². The fraction of sp³-hybridized carbons (Fsp3) is 0.360. The maximum absolute atomic E-state index is 13.0. The first-order valence-corrected chi connectivity index (χ1v) is 11.7. The van der Waals surface area contributed by atoms with Crippen LogP contribution < -0.4 is 11.0 Å². The molecule has 1 aromatic heterocycles. The zero-order valence-electron chi connectivity index (χ0n) is 19.1. The number of aromatic nitrogens is 2. The summed E-state index contributed by atoms with van der Waals surface area (Å²) < 4.78 is 3.44. The van der Waals surface area contributed by atoms with Crippen LogP contribution in [0.1, 0.15) is 18.2 Å². The third-order valence-electron chi connectivity index (χ3n) is 6.07. The Balaban J connectivity index is 1.32. The van der Waals surface area contributed by atoms with Crippen LogP contribution in [0.5, 0.6) is 0 Å². The summed E-state index contributed by atoms with van der Waals surface area (Å²) in [6.07, 6.45) is 2.77. The van der Waals surface area contributed by atoms with E-state index in [1.165, 1.54) is 0 Å². The number of anilines is 1. The van der Waals surface area contributed by atoms with E-state index in [-0.39, 0.29) is 11.6 Å². The molecule has 0 radical (unpaired) electrons. The molecule has 1 aliphatic rings. The molecular weight excluding hydrogens is 438 g/mol. The second kappa shape index (κ2) is 10.4. The summed E-state index contributed by atoms with van der Waals surface area (Å²) in [5.74, 6) is 0.0104. The second-order valence-corrected chi connectivity index (χ2v) is 8.87. The average Bonchev–Trinajstić information content (AvgIpc) is 3.09. The maximum Gasteiger partial charge on any atom is 0.334 e. The summed E-state index contributed by atoms with van der Waals surface area (Å²) >= 11 is 5.98. The van der Waals surface area contributed by atoms with Gasteiger partial charge in [0.1, 0.15) is 0 Å². The molecule has 1 fully saturated rings. The second-order valence-electron chi connectivity index (χ2n) is 8.43. The van der Waals surface area contributed by atoms with E-state index in [4.69, 9.17) is 11.6 Å². The molecular formula is C25H30ClN5O2. The van der Waals surface area contributed by atoms with E-state index in [0.29, 0.717) is 18.2 Å². The topological polar surface area (TPSA) is 62.5 Å². The van der Waals surface area contributed by atoms with Gasteiger partial charge in [-0.05, 0) is 49.2 Å². The third kappa shape index (κ3) is 5.55. The fourth-order valence-corrected chi connectivity index (χ4v) is 4.40. The van der Waals surface area contributed by atoms with Gasteiger partial charge in [-0.3, -0.25) is 23.7 Å². The van der Waals surface area contributed by atoms with Crippen LogP contribution in [0.25, 0.3) is 5.69 Å². The molecule has 0 atom stereocenters. The number of para-hydroxylation sites is 1. The number of aryl methyl sites for hydroxylation is 2. The van der Waals surface area contributed by atoms with E-state index in [0.717, 1.165) is 55.2 Å². The number of carbonyl (C=O) groups excluding carboxylic acids is 1. The summed E-state index contributed by atoms with van der Waals surface area (Å²) in [4.78, 5) is 29.9. The van der Waals surface area contributed by atoms with Crippen molar-refractivity contribution >= 4 is 23.2 Å². The van der Waals surface area contributed by atoms with Crippen LogP contribution in [-0.4, -0.2) is 57.6 Å². The van der Waals surface area contributed by atoms with Gasteiger partial charge in [-0.15, -0.1) is 0 Å². The first-order valence-electron chi connectivity index (χ1n) is 11.3. The van der Waals surface area contributed by atoms with Gasteiger partial charge in [-0.2, -0.15) is 0 Å². The smallest absolute Gasteiger partial charge is 0.325 e. The Morgan fingerprint density at radius 1 is 1.00 bits per heavy atom. The predicted molar refractivity (Wildman–Crippen MR) is 132 cm³/mol. The van der Waals surface area contributed by atoms with Crippen LogP contribution >= 0.6 is 11.6 Å². The number of piperazine rings is 1. The van der Waals surface area contributed by atoms with Gasteiger partial charge in [0.25, 0.3) is 0 Å². The Morgan fingerprint density at radius 2 is 1.67 bits per heavy atom. The highest BCUT2D eigenvalue weighted by Gasteiger charge is 2.21. The zero-order chi connectivity index (χ0) is 23.4. The van der Waals surface area contributed by atoms with E-state index in [1.807, 2.05) is 49.5 Å². The van der Waals surface area contributed by atoms with Crippen LogP contribution in [0.3, 0.4) is 0 Å². The molecule has 1 N–H and O–H groups in total. The zero-order valence-corrected chi connectivity index (χ0v) is 19.9. The molecule has 174 valence electrons. The van der Waals surface area contributed by atoms with Crippen molar-refractivity contribution in [3.8, 4) is 5.69 Å². The Morgan fingerprint density at radius 3 is 2.36 bits per heavy atom. The number of nitrogens with zero attached hydrogens (tertiary/aromatic N) is 4. The van der Waals surface area contributed by atoms with Gasteiger partial charge >= 0.3 is 5.69 Å². The minimum Gasteiger partial charge on any atom is -0.325 e. The maximum atomic E-state index is 13.0. The Labute approximate surface area is 199 Å².